The first-order chi connectivity index (χ1) is 17.6. The van der Waals surface area contributed by atoms with Crippen LogP contribution in [-0.2, 0) is 0 Å². The minimum atomic E-state index is -0.384. The first-order valence-corrected chi connectivity index (χ1v) is 12.3. The Morgan fingerprint density at radius 1 is 1.06 bits per heavy atom. The molecule has 36 heavy (non-hydrogen) atoms. The van der Waals surface area contributed by atoms with Crippen molar-refractivity contribution < 1.29 is 14.3 Å². The van der Waals surface area contributed by atoms with Gasteiger partial charge < -0.3 is 15.3 Å². The molecule has 184 valence electrons. The highest BCUT2D eigenvalue weighted by Crippen LogP contribution is 2.42. The summed E-state index contributed by atoms with van der Waals surface area (Å²) in [4.78, 5) is 21.3. The van der Waals surface area contributed by atoms with E-state index in [0.29, 0.717) is 18.8 Å². The van der Waals surface area contributed by atoms with Crippen LogP contribution in [-0.4, -0.2) is 64.2 Å². The zero-order valence-corrected chi connectivity index (χ0v) is 20.0. The Labute approximate surface area is 210 Å². The molecule has 2 N–H and O–H groups in total. The number of aromatic nitrogens is 1. The Morgan fingerprint density at radius 3 is 2.61 bits per heavy atom. The van der Waals surface area contributed by atoms with E-state index in [1.165, 1.54) is 12.1 Å². The summed E-state index contributed by atoms with van der Waals surface area (Å²) in [6.45, 7) is 2.16. The fraction of sp³-hybridized carbons (Fsp3) is 0.310. The molecule has 2 amide bonds. The zero-order chi connectivity index (χ0) is 24.9. The molecule has 0 bridgehead atoms. The van der Waals surface area contributed by atoms with Crippen molar-refractivity contribution in [3.05, 3.63) is 95.6 Å². The highest BCUT2D eigenvalue weighted by atomic mass is 19.1. The van der Waals surface area contributed by atoms with Gasteiger partial charge in [0.1, 0.15) is 5.82 Å². The molecule has 2 aliphatic heterocycles. The van der Waals surface area contributed by atoms with Gasteiger partial charge in [-0.05, 0) is 67.4 Å². The maximum atomic E-state index is 13.6. The summed E-state index contributed by atoms with van der Waals surface area (Å²) in [5.41, 5.74) is 3.35. The number of anilines is 1. The topological polar surface area (TPSA) is 68.7 Å². The van der Waals surface area contributed by atoms with Crippen LogP contribution in [0.2, 0.25) is 0 Å². The third-order valence-electron chi connectivity index (χ3n) is 7.04. The number of aliphatic hydroxyl groups excluding tert-OH is 1. The lowest BCUT2D eigenvalue weighted by molar-refractivity contribution is -0.0585. The standard InChI is InChI=1S/C29H29FN4O2/c30-24-6-3-7-25(17-24)32-29(36)33-15-1-2-16-34-26(19-33)28(27(34)20-35)23-12-10-21(11-13-23)8-9-22-5-4-14-31-18-22/h3-7,10-14,17-18,26-28,35H,1-2,15-16,19-20H2,(H,32,36)/t26-,27-,28+/m1/s1. The number of nitrogens with zero attached hydrogens (tertiary/aromatic N) is 3. The molecular formula is C29H29FN4O2. The first kappa shape index (κ1) is 24.0. The smallest absolute Gasteiger partial charge is 0.321 e. The summed E-state index contributed by atoms with van der Waals surface area (Å²) in [6.07, 6.45) is 5.29. The fourth-order valence-electron chi connectivity index (χ4n) is 5.26. The number of carbonyl (C=O) groups excluding carboxylic acids is 1. The zero-order valence-electron chi connectivity index (χ0n) is 20.0. The Kier molecular flexibility index (Phi) is 7.26. The molecule has 2 aromatic carbocycles. The van der Waals surface area contributed by atoms with E-state index in [9.17, 15) is 14.3 Å². The third kappa shape index (κ3) is 5.25. The first-order valence-electron chi connectivity index (χ1n) is 12.3. The second kappa shape index (κ2) is 10.9. The molecule has 7 heteroatoms. The maximum absolute atomic E-state index is 13.6. The molecule has 0 spiro atoms. The summed E-state index contributed by atoms with van der Waals surface area (Å²) in [5, 5.41) is 13.0. The van der Waals surface area contributed by atoms with Gasteiger partial charge in [-0.3, -0.25) is 9.88 Å². The number of fused-ring (bicyclic) bond motifs is 1. The lowest BCUT2D eigenvalue weighted by atomic mass is 9.74. The van der Waals surface area contributed by atoms with Crippen LogP contribution in [0.1, 0.15) is 35.4 Å². The number of pyridine rings is 1. The number of hydrogen-bond acceptors (Lipinski definition) is 4. The lowest BCUT2D eigenvalue weighted by Crippen LogP contribution is -2.68. The van der Waals surface area contributed by atoms with E-state index >= 15 is 0 Å². The Hall–Kier alpha value is -3.73. The number of benzene rings is 2. The van der Waals surface area contributed by atoms with Crippen LogP contribution in [0.15, 0.2) is 73.1 Å². The lowest BCUT2D eigenvalue weighted by Gasteiger charge is -2.57. The van der Waals surface area contributed by atoms with Crippen LogP contribution in [0.5, 0.6) is 0 Å². The van der Waals surface area contributed by atoms with Crippen molar-refractivity contribution in [1.82, 2.24) is 14.8 Å². The molecule has 0 aliphatic carbocycles. The molecule has 1 aromatic heterocycles. The van der Waals surface area contributed by atoms with Crippen molar-refractivity contribution in [2.45, 2.75) is 30.8 Å². The minimum absolute atomic E-state index is 0.0218. The largest absolute Gasteiger partial charge is 0.395 e. The van der Waals surface area contributed by atoms with Crippen molar-refractivity contribution in [1.29, 1.82) is 0 Å². The van der Waals surface area contributed by atoms with Crippen LogP contribution in [0.25, 0.3) is 0 Å². The van der Waals surface area contributed by atoms with E-state index in [-0.39, 0.29) is 36.5 Å². The second-order valence-electron chi connectivity index (χ2n) is 9.29. The number of nitrogens with one attached hydrogen (secondary N) is 1. The van der Waals surface area contributed by atoms with Gasteiger partial charge in [0.25, 0.3) is 0 Å². The maximum Gasteiger partial charge on any atom is 0.321 e. The van der Waals surface area contributed by atoms with Crippen LogP contribution in [0, 0.1) is 17.7 Å². The van der Waals surface area contributed by atoms with Crippen molar-refractivity contribution in [2.75, 3.05) is 31.6 Å². The van der Waals surface area contributed by atoms with Gasteiger partial charge >= 0.3 is 6.03 Å². The Morgan fingerprint density at radius 2 is 1.86 bits per heavy atom. The van der Waals surface area contributed by atoms with E-state index in [2.05, 4.69) is 39.2 Å². The molecule has 0 saturated carbocycles. The van der Waals surface area contributed by atoms with Gasteiger partial charge in [0.15, 0.2) is 0 Å². The van der Waals surface area contributed by atoms with Gasteiger partial charge in [-0.1, -0.05) is 30.0 Å². The second-order valence-corrected chi connectivity index (χ2v) is 9.29. The van der Waals surface area contributed by atoms with Crippen molar-refractivity contribution >= 4 is 11.7 Å². The number of urea groups is 1. The van der Waals surface area contributed by atoms with Gasteiger partial charge in [0.05, 0.1) is 6.61 Å². The Balaban J connectivity index is 1.32. The molecule has 0 unspecified atom stereocenters. The van der Waals surface area contributed by atoms with E-state index < -0.39 is 0 Å². The molecule has 2 fully saturated rings. The number of carbonyl (C=O) groups is 1. The van der Waals surface area contributed by atoms with Gasteiger partial charge in [-0.15, -0.1) is 0 Å². The monoisotopic (exact) mass is 484 g/mol. The van der Waals surface area contributed by atoms with Crippen molar-refractivity contribution in [3.63, 3.8) is 0 Å². The number of rotatable bonds is 3. The van der Waals surface area contributed by atoms with Crippen LogP contribution >= 0.6 is 0 Å². The van der Waals surface area contributed by atoms with Gasteiger partial charge in [-0.2, -0.15) is 0 Å². The van der Waals surface area contributed by atoms with E-state index in [0.717, 1.165) is 36.1 Å². The highest BCUT2D eigenvalue weighted by molar-refractivity contribution is 5.89. The third-order valence-corrected chi connectivity index (χ3v) is 7.04. The summed E-state index contributed by atoms with van der Waals surface area (Å²) in [6, 6.07) is 17.8. The summed E-state index contributed by atoms with van der Waals surface area (Å²) in [5.74, 6) is 6.02. The normalized spacial score (nSPS) is 21.7. The quantitative estimate of drug-likeness (QED) is 0.550. The number of hydrogen-bond donors (Lipinski definition) is 2. The molecule has 2 aliphatic rings. The average Bonchev–Trinajstić information content (AvgIpc) is 2.88. The predicted molar refractivity (Wildman–Crippen MR) is 137 cm³/mol. The molecule has 3 atom stereocenters. The molecule has 5 rings (SSSR count). The molecule has 6 nitrogen and oxygen atoms in total. The van der Waals surface area contributed by atoms with Gasteiger partial charge in [0, 0.05) is 60.3 Å². The summed E-state index contributed by atoms with van der Waals surface area (Å²) < 4.78 is 13.6. The van der Waals surface area contributed by atoms with Crippen LogP contribution in [0.3, 0.4) is 0 Å². The summed E-state index contributed by atoms with van der Waals surface area (Å²) in [7, 11) is 0. The van der Waals surface area contributed by atoms with E-state index in [1.807, 2.05) is 29.2 Å². The van der Waals surface area contributed by atoms with Crippen LogP contribution in [0.4, 0.5) is 14.9 Å². The number of aliphatic hydroxyl groups is 1. The molecule has 0 radical (unpaired) electrons. The Bertz CT molecular complexity index is 1260. The molecular weight excluding hydrogens is 455 g/mol. The average molecular weight is 485 g/mol. The SMILES string of the molecule is O=C(Nc1cccc(F)c1)N1CCCCN2[C@H](CO)[C@@H](c3ccc(C#Cc4cccnc4)cc3)[C@H]2C1. The van der Waals surface area contributed by atoms with E-state index in [1.54, 1.807) is 24.5 Å². The fourth-order valence-corrected chi connectivity index (χ4v) is 5.26. The summed E-state index contributed by atoms with van der Waals surface area (Å²) >= 11 is 0. The van der Waals surface area contributed by atoms with Gasteiger partial charge in [-0.25, -0.2) is 9.18 Å². The molecule has 3 aromatic rings. The van der Waals surface area contributed by atoms with Gasteiger partial charge in [0.2, 0.25) is 0 Å². The van der Waals surface area contributed by atoms with Crippen LogP contribution < -0.4 is 5.32 Å². The number of amides is 2. The van der Waals surface area contributed by atoms with Crippen molar-refractivity contribution in [3.8, 4) is 11.8 Å². The number of halogens is 1. The van der Waals surface area contributed by atoms with E-state index in [4.69, 9.17) is 0 Å². The van der Waals surface area contributed by atoms with Crippen molar-refractivity contribution in [2.24, 2.45) is 0 Å². The minimum Gasteiger partial charge on any atom is -0.395 e. The molecule has 3 heterocycles. The molecule has 2 saturated heterocycles. The predicted octanol–water partition coefficient (Wildman–Crippen LogP) is 4.08. The highest BCUT2D eigenvalue weighted by Gasteiger charge is 2.49.